The molecule has 0 spiro atoms. The van der Waals surface area contributed by atoms with E-state index in [0.717, 1.165) is 12.8 Å². The molecule has 7 rings (SSSR count). The lowest BCUT2D eigenvalue weighted by Crippen LogP contribution is -2.59. The van der Waals surface area contributed by atoms with Crippen molar-refractivity contribution >= 4 is 62.8 Å². The Labute approximate surface area is 352 Å². The monoisotopic (exact) mass is 849 g/mol. The highest BCUT2D eigenvalue weighted by atomic mass is 35.5. The number of anilines is 1. The molecule has 2 aromatic heterocycles. The molecule has 3 heterocycles. The van der Waals surface area contributed by atoms with Gasteiger partial charge in [-0.3, -0.25) is 9.59 Å². The van der Waals surface area contributed by atoms with E-state index in [1.54, 1.807) is 18.2 Å². The Hall–Kier alpha value is -4.88. The number of nitrogens with zero attached hydrogens (tertiary/aromatic N) is 4. The number of methoxy groups -OCH3 is 1. The molecule has 3 saturated carbocycles. The lowest BCUT2D eigenvalue weighted by atomic mass is 9.85. The van der Waals surface area contributed by atoms with Crippen LogP contribution in [0.4, 0.5) is 9.93 Å². The van der Waals surface area contributed by atoms with Crippen LogP contribution in [0.2, 0.25) is 5.02 Å². The summed E-state index contributed by atoms with van der Waals surface area (Å²) in [5, 5.41) is 21.5. The quantitative estimate of drug-likeness (QED) is 0.150. The van der Waals surface area contributed by atoms with Gasteiger partial charge in [-0.15, -0.1) is 11.3 Å². The van der Waals surface area contributed by atoms with Crippen molar-refractivity contribution in [1.82, 2.24) is 25.5 Å². The average molecular weight is 850 g/mol. The van der Waals surface area contributed by atoms with Gasteiger partial charge in [0.1, 0.15) is 58.1 Å². The van der Waals surface area contributed by atoms with Crippen molar-refractivity contribution in [3.63, 3.8) is 0 Å². The topological polar surface area (TPSA) is 194 Å². The molecule has 0 radical (unpaired) electrons. The summed E-state index contributed by atoms with van der Waals surface area (Å²) >= 11 is 8.29. The highest BCUT2D eigenvalue weighted by Gasteiger charge is 2.62. The fourth-order valence-electron chi connectivity index (χ4n) is 8.55. The van der Waals surface area contributed by atoms with Crippen LogP contribution in [-0.4, -0.2) is 94.9 Å². The number of benzene rings is 1. The number of halogens is 1. The molecule has 3 aromatic rings. The maximum atomic E-state index is 14.8. The zero-order valence-corrected chi connectivity index (χ0v) is 36.0. The fraction of sp³-hybridized carbons (Fsp3) is 0.595. The van der Waals surface area contributed by atoms with Crippen molar-refractivity contribution in [2.45, 2.75) is 116 Å². The van der Waals surface area contributed by atoms with E-state index >= 15 is 0 Å². The van der Waals surface area contributed by atoms with Gasteiger partial charge in [0.05, 0.1) is 24.9 Å². The number of likely N-dealkylation sites (tertiary alicyclic amines) is 1. The van der Waals surface area contributed by atoms with E-state index in [0.29, 0.717) is 57.8 Å². The Morgan fingerprint density at radius 3 is 2.46 bits per heavy atom. The van der Waals surface area contributed by atoms with Crippen LogP contribution in [0.5, 0.6) is 11.5 Å². The van der Waals surface area contributed by atoms with E-state index in [2.05, 4.69) is 16.0 Å². The van der Waals surface area contributed by atoms with Gasteiger partial charge < -0.3 is 39.8 Å². The number of nitrogens with one attached hydrogen (secondary N) is 3. The number of alkyl carbamates (subject to hydrolysis) is 1. The van der Waals surface area contributed by atoms with Crippen LogP contribution < -0.4 is 25.4 Å². The van der Waals surface area contributed by atoms with Crippen LogP contribution in [0.25, 0.3) is 22.3 Å². The molecule has 1 unspecified atom stereocenters. The van der Waals surface area contributed by atoms with E-state index in [1.165, 1.54) is 29.8 Å². The minimum atomic E-state index is -1.20. The third-order valence-electron chi connectivity index (χ3n) is 11.8. The Bertz CT molecular complexity index is 2160. The van der Waals surface area contributed by atoms with Gasteiger partial charge in [-0.25, -0.2) is 19.6 Å². The van der Waals surface area contributed by atoms with Crippen LogP contribution in [0.3, 0.4) is 0 Å². The minimum absolute atomic E-state index is 0.0238. The van der Waals surface area contributed by atoms with Gasteiger partial charge in [0.25, 0.3) is 0 Å². The number of aromatic nitrogens is 2. The van der Waals surface area contributed by atoms with Crippen LogP contribution in [0.1, 0.15) is 80.1 Å². The van der Waals surface area contributed by atoms with E-state index in [4.69, 9.17) is 45.8 Å². The third kappa shape index (κ3) is 8.87. The maximum absolute atomic E-state index is 14.8. The lowest BCUT2D eigenvalue weighted by molar-refractivity contribution is -0.148. The second-order valence-electron chi connectivity index (χ2n) is 17.5. The number of esters is 1. The van der Waals surface area contributed by atoms with Gasteiger partial charge in [0.15, 0.2) is 11.7 Å². The highest BCUT2D eigenvalue weighted by molar-refractivity contribution is 7.14. The largest absolute Gasteiger partial charge is 0.488 e. The molecule has 3 N–H and O–H groups in total. The van der Waals surface area contributed by atoms with Crippen molar-refractivity contribution in [3.05, 3.63) is 28.6 Å². The molecule has 17 heteroatoms. The summed E-state index contributed by atoms with van der Waals surface area (Å²) in [6, 6.07) is 5.07. The second-order valence-corrected chi connectivity index (χ2v) is 18.7. The summed E-state index contributed by atoms with van der Waals surface area (Å²) in [6.07, 6.45) is 2.34. The molecular formula is C42H52ClN7O8S. The van der Waals surface area contributed by atoms with E-state index in [-0.39, 0.29) is 48.4 Å². The first-order valence-corrected chi connectivity index (χ1v) is 21.5. The lowest BCUT2D eigenvalue weighted by Gasteiger charge is -2.35. The normalized spacial score (nSPS) is 26.1. The third-order valence-corrected chi connectivity index (χ3v) is 12.9. The molecule has 8 atom stereocenters. The number of rotatable bonds is 14. The second kappa shape index (κ2) is 16.6. The van der Waals surface area contributed by atoms with Crippen molar-refractivity contribution in [2.24, 2.45) is 23.2 Å². The first kappa shape index (κ1) is 42.3. The average Bonchev–Trinajstić information content (AvgIpc) is 3.85. The molecule has 15 nitrogen and oxygen atoms in total. The van der Waals surface area contributed by atoms with Crippen LogP contribution in [0, 0.1) is 34.5 Å². The first-order chi connectivity index (χ1) is 28.0. The molecule has 1 aliphatic heterocycles. The number of hydrogen-bond donors (Lipinski definition) is 3. The molecule has 59 heavy (non-hydrogen) atoms. The summed E-state index contributed by atoms with van der Waals surface area (Å²) in [5.41, 5.74) is -0.616. The molecule has 1 saturated heterocycles. The Morgan fingerprint density at radius 2 is 1.81 bits per heavy atom. The van der Waals surface area contributed by atoms with Crippen molar-refractivity contribution < 1.29 is 38.1 Å². The number of amides is 3. The van der Waals surface area contributed by atoms with Gasteiger partial charge in [0.2, 0.25) is 11.8 Å². The SMILES string of the molecule is CC[C@@H]1CC1(NC(=O)[C@@H]1C[C@H](Oc2cc(-c3csc(NC(C)C)n3)nc3c(Cl)c(OCC#N)ccc23)CN1C(=O)[C@@H](NC(=O)O[C@@H]1C[C@@H]2C[C@@H]2C1)C(C)(C)C)C(=O)OC. The fourth-order valence-corrected chi connectivity index (χ4v) is 9.67. The highest BCUT2D eigenvalue weighted by Crippen LogP contribution is 2.52. The molecule has 0 bridgehead atoms. The Balaban J connectivity index is 1.21. The van der Waals surface area contributed by atoms with Gasteiger partial charge in [-0.1, -0.05) is 45.7 Å². The smallest absolute Gasteiger partial charge is 0.408 e. The van der Waals surface area contributed by atoms with Gasteiger partial charge in [0, 0.05) is 29.3 Å². The number of carbonyl (C=O) groups excluding carboxylic acids is 4. The molecule has 4 fully saturated rings. The maximum Gasteiger partial charge on any atom is 0.408 e. The van der Waals surface area contributed by atoms with Gasteiger partial charge in [-0.05, 0) is 74.8 Å². The zero-order chi connectivity index (χ0) is 42.4. The number of nitriles is 1. The van der Waals surface area contributed by atoms with Crippen molar-refractivity contribution in [3.8, 4) is 29.0 Å². The summed E-state index contributed by atoms with van der Waals surface area (Å²) in [5.74, 6) is 0.165. The predicted octanol–water partition coefficient (Wildman–Crippen LogP) is 6.48. The first-order valence-electron chi connectivity index (χ1n) is 20.2. The van der Waals surface area contributed by atoms with E-state index in [9.17, 15) is 19.2 Å². The van der Waals surface area contributed by atoms with E-state index in [1.807, 2.05) is 53.0 Å². The van der Waals surface area contributed by atoms with Crippen LogP contribution in [0.15, 0.2) is 23.6 Å². The zero-order valence-electron chi connectivity index (χ0n) is 34.4. The number of fused-ring (bicyclic) bond motifs is 2. The number of hydrogen-bond acceptors (Lipinski definition) is 13. The number of pyridine rings is 1. The van der Waals surface area contributed by atoms with Crippen LogP contribution >= 0.6 is 22.9 Å². The standard InChI is InChI=1S/C42H52ClN7O8S/c1-8-24-18-42(24,38(53)55-7)49-36(51)30-16-26(19-50(30)37(52)35(41(4,5)6)48-40(54)58-25-14-22-13-23(22)15-25)57-32-17-28(29-20-59-39(47-29)45-21(2)3)46-34-27(32)9-10-31(33(34)43)56-12-11-44/h9-10,17,20-26,30,35H,8,12-16,18-19H2,1-7H3,(H,45,47)(H,48,54)(H,49,51)/t22-,23+,24-,25+,26+,30+,35-,42?/m1/s1. The predicted molar refractivity (Wildman–Crippen MR) is 221 cm³/mol. The van der Waals surface area contributed by atoms with Crippen molar-refractivity contribution in [2.75, 3.05) is 25.6 Å². The molecule has 1 aromatic carbocycles. The Kier molecular flexibility index (Phi) is 11.9. The number of carbonyl (C=O) groups is 4. The van der Waals surface area contributed by atoms with E-state index < -0.39 is 53.0 Å². The van der Waals surface area contributed by atoms with Crippen molar-refractivity contribution in [1.29, 1.82) is 5.26 Å². The summed E-state index contributed by atoms with van der Waals surface area (Å²) in [7, 11) is 1.29. The molecular weight excluding hydrogens is 798 g/mol. The van der Waals surface area contributed by atoms with Gasteiger partial charge >= 0.3 is 12.1 Å². The van der Waals surface area contributed by atoms with Gasteiger partial charge in [-0.2, -0.15) is 5.26 Å². The molecule has 316 valence electrons. The number of ether oxygens (including phenoxy) is 4. The molecule has 3 amide bonds. The molecule has 4 aliphatic rings. The minimum Gasteiger partial charge on any atom is -0.488 e. The summed E-state index contributed by atoms with van der Waals surface area (Å²) in [4.78, 5) is 66.6. The molecule has 3 aliphatic carbocycles. The van der Waals surface area contributed by atoms with Crippen LogP contribution in [-0.2, 0) is 23.9 Å². The summed E-state index contributed by atoms with van der Waals surface area (Å²) < 4.78 is 23.2. The number of thiazole rings is 1. The summed E-state index contributed by atoms with van der Waals surface area (Å²) in [6.45, 7) is 11.2. The Morgan fingerprint density at radius 1 is 1.07 bits per heavy atom.